The maximum absolute atomic E-state index is 13.5. The van der Waals surface area contributed by atoms with Crippen LogP contribution < -0.4 is 4.31 Å². The van der Waals surface area contributed by atoms with Crippen LogP contribution in [-0.4, -0.2) is 50.7 Å². The standard InChI is InChI=1S/C25H38N2O3S/c1-19(2)15-26(16-20(3)4)17-24(28)18-27(23-11-7-21(5)8-12-23)31(29,30)25-13-9-22(6)10-14-25/h7-14,19-20,24,28H,15-18H2,1-6H3/t24-/m0/s1. The Kier molecular flexibility index (Phi) is 9.10. The number of anilines is 1. The Labute approximate surface area is 188 Å². The predicted octanol–water partition coefficient (Wildman–Crippen LogP) is 4.47. The van der Waals surface area contributed by atoms with Gasteiger partial charge in [-0.25, -0.2) is 8.42 Å². The first-order valence-electron chi connectivity index (χ1n) is 11.1. The quantitative estimate of drug-likeness (QED) is 0.553. The molecule has 6 heteroatoms. The van der Waals surface area contributed by atoms with Crippen LogP contribution >= 0.6 is 0 Å². The molecule has 0 spiro atoms. The summed E-state index contributed by atoms with van der Waals surface area (Å²) in [7, 11) is -3.81. The zero-order valence-electron chi connectivity index (χ0n) is 19.7. The largest absolute Gasteiger partial charge is 0.390 e. The molecule has 1 atom stereocenters. The summed E-state index contributed by atoms with van der Waals surface area (Å²) in [6.07, 6.45) is -0.806. The second-order valence-electron chi connectivity index (χ2n) is 9.34. The molecule has 0 saturated heterocycles. The molecule has 0 aliphatic carbocycles. The van der Waals surface area contributed by atoms with Crippen LogP contribution in [0.25, 0.3) is 0 Å². The van der Waals surface area contributed by atoms with Crippen molar-refractivity contribution in [2.75, 3.05) is 30.5 Å². The highest BCUT2D eigenvalue weighted by Crippen LogP contribution is 2.25. The molecule has 1 N–H and O–H groups in total. The molecule has 31 heavy (non-hydrogen) atoms. The fraction of sp³-hybridized carbons (Fsp3) is 0.520. The van der Waals surface area contributed by atoms with E-state index in [1.54, 1.807) is 36.4 Å². The van der Waals surface area contributed by atoms with Crippen LogP contribution in [0.15, 0.2) is 53.4 Å². The molecule has 0 aliphatic heterocycles. The third-order valence-electron chi connectivity index (χ3n) is 5.02. The van der Waals surface area contributed by atoms with E-state index in [-0.39, 0.29) is 11.4 Å². The van der Waals surface area contributed by atoms with E-state index in [1.165, 1.54) is 4.31 Å². The van der Waals surface area contributed by atoms with Crippen LogP contribution in [0.2, 0.25) is 0 Å². The highest BCUT2D eigenvalue weighted by Gasteiger charge is 2.28. The number of rotatable bonds is 11. The number of hydrogen-bond acceptors (Lipinski definition) is 4. The van der Waals surface area contributed by atoms with Crippen molar-refractivity contribution in [2.45, 2.75) is 52.5 Å². The molecule has 5 nitrogen and oxygen atoms in total. The molecule has 2 aromatic rings. The first kappa shape index (κ1) is 25.4. The maximum Gasteiger partial charge on any atom is 0.264 e. The molecule has 172 valence electrons. The van der Waals surface area contributed by atoms with Gasteiger partial charge in [-0.3, -0.25) is 4.31 Å². The van der Waals surface area contributed by atoms with Gasteiger partial charge in [-0.15, -0.1) is 0 Å². The van der Waals surface area contributed by atoms with E-state index in [1.807, 2.05) is 26.0 Å². The monoisotopic (exact) mass is 446 g/mol. The summed E-state index contributed by atoms with van der Waals surface area (Å²) in [6.45, 7) is 14.7. The third-order valence-corrected chi connectivity index (χ3v) is 6.83. The second-order valence-corrected chi connectivity index (χ2v) is 11.2. The minimum Gasteiger partial charge on any atom is -0.390 e. The number of hydrogen-bond donors (Lipinski definition) is 1. The molecule has 0 unspecified atom stereocenters. The zero-order valence-corrected chi connectivity index (χ0v) is 20.6. The highest BCUT2D eigenvalue weighted by atomic mass is 32.2. The van der Waals surface area contributed by atoms with Gasteiger partial charge < -0.3 is 10.0 Å². The number of aryl methyl sites for hydroxylation is 2. The number of sulfonamides is 1. The Hall–Kier alpha value is -1.89. The summed E-state index contributed by atoms with van der Waals surface area (Å²) in [5.74, 6) is 0.936. The van der Waals surface area contributed by atoms with Crippen LogP contribution in [0.3, 0.4) is 0 Å². The molecule has 0 bridgehead atoms. The predicted molar refractivity (Wildman–Crippen MR) is 129 cm³/mol. The van der Waals surface area contributed by atoms with Crippen molar-refractivity contribution in [1.82, 2.24) is 4.90 Å². The average molecular weight is 447 g/mol. The van der Waals surface area contributed by atoms with Crippen molar-refractivity contribution < 1.29 is 13.5 Å². The van der Waals surface area contributed by atoms with E-state index in [9.17, 15) is 13.5 Å². The zero-order chi connectivity index (χ0) is 23.2. The average Bonchev–Trinajstić information content (AvgIpc) is 2.66. The van der Waals surface area contributed by atoms with E-state index in [0.29, 0.717) is 24.1 Å². The lowest BCUT2D eigenvalue weighted by Gasteiger charge is -2.31. The third kappa shape index (κ3) is 7.63. The number of aliphatic hydroxyl groups excluding tert-OH is 1. The van der Waals surface area contributed by atoms with Crippen molar-refractivity contribution in [3.63, 3.8) is 0 Å². The van der Waals surface area contributed by atoms with Gasteiger partial charge >= 0.3 is 0 Å². The minimum atomic E-state index is -3.81. The van der Waals surface area contributed by atoms with E-state index in [0.717, 1.165) is 24.2 Å². The van der Waals surface area contributed by atoms with E-state index in [2.05, 4.69) is 32.6 Å². The van der Waals surface area contributed by atoms with Gasteiger partial charge in [0.05, 0.1) is 23.2 Å². The Bertz CT molecular complexity index is 897. The van der Waals surface area contributed by atoms with E-state index >= 15 is 0 Å². The molecule has 0 aliphatic rings. The molecule has 0 radical (unpaired) electrons. The van der Waals surface area contributed by atoms with Crippen LogP contribution in [0, 0.1) is 25.7 Å². The molecular weight excluding hydrogens is 408 g/mol. The Morgan fingerprint density at radius 1 is 0.742 bits per heavy atom. The number of nitrogens with zero attached hydrogens (tertiary/aromatic N) is 2. The van der Waals surface area contributed by atoms with Gasteiger partial charge in [-0.2, -0.15) is 0 Å². The molecule has 0 aromatic heterocycles. The fourth-order valence-electron chi connectivity index (χ4n) is 3.69. The summed E-state index contributed by atoms with van der Waals surface area (Å²) in [5, 5.41) is 10.9. The molecule has 2 aromatic carbocycles. The summed E-state index contributed by atoms with van der Waals surface area (Å²) >= 11 is 0. The van der Waals surface area contributed by atoms with Gasteiger partial charge in [0.1, 0.15) is 0 Å². The fourth-order valence-corrected chi connectivity index (χ4v) is 5.20. The van der Waals surface area contributed by atoms with Crippen molar-refractivity contribution in [3.05, 3.63) is 59.7 Å². The van der Waals surface area contributed by atoms with Gasteiger partial charge in [0.2, 0.25) is 0 Å². The lowest BCUT2D eigenvalue weighted by Crippen LogP contribution is -2.44. The summed E-state index contributed by atoms with van der Waals surface area (Å²) in [4.78, 5) is 2.46. The SMILES string of the molecule is Cc1ccc(N(C[C@@H](O)CN(CC(C)C)CC(C)C)S(=O)(=O)c2ccc(C)cc2)cc1. The molecule has 0 amide bonds. The Balaban J connectivity index is 2.32. The van der Waals surface area contributed by atoms with Gasteiger partial charge in [0.25, 0.3) is 10.0 Å². The smallest absolute Gasteiger partial charge is 0.264 e. The molecule has 0 saturated carbocycles. The van der Waals surface area contributed by atoms with Crippen molar-refractivity contribution >= 4 is 15.7 Å². The molecular formula is C25H38N2O3S. The number of benzene rings is 2. The van der Waals surface area contributed by atoms with Crippen molar-refractivity contribution in [3.8, 4) is 0 Å². The minimum absolute atomic E-state index is 0.00591. The number of aliphatic hydroxyl groups is 1. The van der Waals surface area contributed by atoms with Gasteiger partial charge in [0.15, 0.2) is 0 Å². The summed E-state index contributed by atoms with van der Waals surface area (Å²) in [6, 6.07) is 14.2. The molecule has 2 rings (SSSR count). The Morgan fingerprint density at radius 2 is 1.19 bits per heavy atom. The maximum atomic E-state index is 13.5. The molecule has 0 fully saturated rings. The van der Waals surface area contributed by atoms with Crippen LogP contribution in [0.1, 0.15) is 38.8 Å². The summed E-state index contributed by atoms with van der Waals surface area (Å²) < 4.78 is 28.4. The normalized spacial score (nSPS) is 13.2. The lowest BCUT2D eigenvalue weighted by molar-refractivity contribution is 0.104. The van der Waals surface area contributed by atoms with Crippen LogP contribution in [-0.2, 0) is 10.0 Å². The second kappa shape index (κ2) is 11.1. The van der Waals surface area contributed by atoms with Gasteiger partial charge in [-0.1, -0.05) is 63.1 Å². The van der Waals surface area contributed by atoms with Crippen LogP contribution in [0.5, 0.6) is 0 Å². The van der Waals surface area contributed by atoms with Gasteiger partial charge in [-0.05, 0) is 49.9 Å². The first-order valence-corrected chi connectivity index (χ1v) is 12.5. The lowest BCUT2D eigenvalue weighted by atomic mass is 10.1. The van der Waals surface area contributed by atoms with E-state index in [4.69, 9.17) is 0 Å². The van der Waals surface area contributed by atoms with Gasteiger partial charge in [0, 0.05) is 19.6 Å². The van der Waals surface area contributed by atoms with Crippen molar-refractivity contribution in [1.29, 1.82) is 0 Å². The van der Waals surface area contributed by atoms with E-state index < -0.39 is 16.1 Å². The Morgan fingerprint density at radius 3 is 1.65 bits per heavy atom. The first-order chi connectivity index (χ1) is 14.5. The summed E-state index contributed by atoms with van der Waals surface area (Å²) in [5.41, 5.74) is 2.61. The van der Waals surface area contributed by atoms with Crippen molar-refractivity contribution in [2.24, 2.45) is 11.8 Å². The highest BCUT2D eigenvalue weighted by molar-refractivity contribution is 7.92. The topological polar surface area (TPSA) is 60.9 Å². The van der Waals surface area contributed by atoms with Crippen LogP contribution in [0.4, 0.5) is 5.69 Å². The molecule has 0 heterocycles.